The van der Waals surface area contributed by atoms with E-state index >= 15 is 0 Å². The van der Waals surface area contributed by atoms with Gasteiger partial charge in [-0.3, -0.25) is 4.40 Å². The van der Waals surface area contributed by atoms with Crippen LogP contribution >= 0.6 is 11.6 Å². The van der Waals surface area contributed by atoms with Gasteiger partial charge in [-0.2, -0.15) is 10.2 Å². The minimum absolute atomic E-state index is 0.373. The molecular formula is C7H3ClN4. The van der Waals surface area contributed by atoms with Gasteiger partial charge in [0.05, 0.1) is 11.8 Å². The average molecular weight is 179 g/mol. The molecule has 0 bridgehead atoms. The van der Waals surface area contributed by atoms with Gasteiger partial charge >= 0.3 is 0 Å². The zero-order chi connectivity index (χ0) is 8.55. The van der Waals surface area contributed by atoms with Gasteiger partial charge < -0.3 is 0 Å². The zero-order valence-corrected chi connectivity index (χ0v) is 6.65. The van der Waals surface area contributed by atoms with Gasteiger partial charge in [0, 0.05) is 12.4 Å². The predicted molar refractivity (Wildman–Crippen MR) is 42.7 cm³/mol. The Balaban J connectivity index is 2.77. The molecule has 0 saturated heterocycles. The number of aromatic nitrogens is 3. The minimum Gasteiger partial charge on any atom is -0.288 e. The molecule has 5 heteroatoms. The maximum absolute atomic E-state index is 8.55. The second kappa shape index (κ2) is 2.47. The molecule has 0 N–H and O–H groups in total. The highest BCUT2D eigenvalue weighted by atomic mass is 35.5. The molecule has 0 spiro atoms. The van der Waals surface area contributed by atoms with Crippen LogP contribution in [0.1, 0.15) is 5.56 Å². The third-order valence-corrected chi connectivity index (χ3v) is 1.59. The van der Waals surface area contributed by atoms with Crippen molar-refractivity contribution in [2.45, 2.75) is 0 Å². The number of fused-ring (bicyclic) bond motifs is 1. The molecule has 2 aromatic heterocycles. The molecule has 0 radical (unpaired) electrons. The summed E-state index contributed by atoms with van der Waals surface area (Å²) in [6.07, 6.45) is 4.69. The van der Waals surface area contributed by atoms with Crippen LogP contribution in [0.4, 0.5) is 0 Å². The summed E-state index contributed by atoms with van der Waals surface area (Å²) in [5.41, 5.74) is 0.483. The number of imidazole rings is 1. The quantitative estimate of drug-likeness (QED) is 0.610. The van der Waals surface area contributed by atoms with E-state index in [4.69, 9.17) is 16.9 Å². The van der Waals surface area contributed by atoms with E-state index in [2.05, 4.69) is 9.97 Å². The van der Waals surface area contributed by atoms with E-state index in [1.54, 1.807) is 16.8 Å². The van der Waals surface area contributed by atoms with Crippen LogP contribution in [0.25, 0.3) is 5.78 Å². The van der Waals surface area contributed by atoms with Crippen molar-refractivity contribution >= 4 is 17.4 Å². The highest BCUT2D eigenvalue weighted by Gasteiger charge is 1.99. The summed E-state index contributed by atoms with van der Waals surface area (Å²) in [4.78, 5) is 7.81. The van der Waals surface area contributed by atoms with E-state index in [0.717, 1.165) is 0 Å². The first kappa shape index (κ1) is 7.07. The maximum atomic E-state index is 8.55. The number of nitriles is 1. The zero-order valence-electron chi connectivity index (χ0n) is 5.90. The Bertz CT molecular complexity index is 468. The molecular weight excluding hydrogens is 176 g/mol. The van der Waals surface area contributed by atoms with Gasteiger partial charge in [-0.25, -0.2) is 4.98 Å². The first-order valence-corrected chi connectivity index (χ1v) is 3.58. The standard InChI is InChI=1S/C7H3ClN4/c8-6-4-12-3-5(1-9)2-10-7(12)11-6/h2-4H. The van der Waals surface area contributed by atoms with Crippen molar-refractivity contribution in [2.75, 3.05) is 0 Å². The highest BCUT2D eigenvalue weighted by molar-refractivity contribution is 6.29. The van der Waals surface area contributed by atoms with E-state index in [0.29, 0.717) is 16.5 Å². The van der Waals surface area contributed by atoms with Gasteiger partial charge in [-0.15, -0.1) is 0 Å². The monoisotopic (exact) mass is 178 g/mol. The Morgan fingerprint density at radius 3 is 3.08 bits per heavy atom. The Kier molecular flexibility index (Phi) is 1.45. The molecule has 0 aromatic carbocycles. The molecule has 0 amide bonds. The SMILES string of the molecule is N#Cc1cnc2nc(Cl)cn2c1. The number of hydrogen-bond donors (Lipinski definition) is 0. The molecule has 2 heterocycles. The summed E-state index contributed by atoms with van der Waals surface area (Å²) in [6.45, 7) is 0. The number of hydrogen-bond acceptors (Lipinski definition) is 3. The van der Waals surface area contributed by atoms with Crippen molar-refractivity contribution in [1.82, 2.24) is 14.4 Å². The van der Waals surface area contributed by atoms with E-state index < -0.39 is 0 Å². The first-order valence-electron chi connectivity index (χ1n) is 3.20. The molecule has 12 heavy (non-hydrogen) atoms. The smallest absolute Gasteiger partial charge is 0.235 e. The van der Waals surface area contributed by atoms with Crippen molar-refractivity contribution < 1.29 is 0 Å². The molecule has 58 valence electrons. The van der Waals surface area contributed by atoms with Crippen LogP contribution in [0.2, 0.25) is 5.15 Å². The topological polar surface area (TPSA) is 54.0 Å². The van der Waals surface area contributed by atoms with Crippen LogP contribution in [0.3, 0.4) is 0 Å². The fourth-order valence-electron chi connectivity index (χ4n) is 0.913. The van der Waals surface area contributed by atoms with E-state index in [1.165, 1.54) is 6.20 Å². The molecule has 0 aliphatic rings. The Morgan fingerprint density at radius 1 is 1.50 bits per heavy atom. The lowest BCUT2D eigenvalue weighted by Crippen LogP contribution is -1.88. The lowest BCUT2D eigenvalue weighted by Gasteiger charge is -1.90. The predicted octanol–water partition coefficient (Wildman–Crippen LogP) is 1.25. The number of nitrogens with zero attached hydrogens (tertiary/aromatic N) is 4. The van der Waals surface area contributed by atoms with Crippen LogP contribution in [-0.2, 0) is 0 Å². The molecule has 4 nitrogen and oxygen atoms in total. The van der Waals surface area contributed by atoms with Gasteiger partial charge in [-0.1, -0.05) is 11.6 Å². The summed E-state index contributed by atoms with van der Waals surface area (Å²) in [5, 5.41) is 8.92. The van der Waals surface area contributed by atoms with Crippen molar-refractivity contribution in [3.05, 3.63) is 29.3 Å². The molecule has 2 aromatic rings. The Labute approximate surface area is 73.0 Å². The van der Waals surface area contributed by atoms with E-state index in [-0.39, 0.29) is 0 Å². The highest BCUT2D eigenvalue weighted by Crippen LogP contribution is 2.07. The van der Waals surface area contributed by atoms with Gasteiger partial charge in [0.25, 0.3) is 0 Å². The van der Waals surface area contributed by atoms with Crippen LogP contribution < -0.4 is 0 Å². The van der Waals surface area contributed by atoms with E-state index in [9.17, 15) is 0 Å². The number of rotatable bonds is 0. The lowest BCUT2D eigenvalue weighted by molar-refractivity contribution is 1.10. The largest absolute Gasteiger partial charge is 0.288 e. The second-order valence-electron chi connectivity index (χ2n) is 2.23. The second-order valence-corrected chi connectivity index (χ2v) is 2.61. The van der Waals surface area contributed by atoms with Crippen LogP contribution in [0.15, 0.2) is 18.6 Å². The van der Waals surface area contributed by atoms with E-state index in [1.807, 2.05) is 6.07 Å². The molecule has 0 aliphatic heterocycles. The van der Waals surface area contributed by atoms with Crippen molar-refractivity contribution in [2.24, 2.45) is 0 Å². The Hall–Kier alpha value is -1.60. The summed E-state index contributed by atoms with van der Waals surface area (Å²) in [5.74, 6) is 0.499. The van der Waals surface area contributed by atoms with Gasteiger partial charge in [-0.05, 0) is 0 Å². The molecule has 0 fully saturated rings. The summed E-state index contributed by atoms with van der Waals surface area (Å²) < 4.78 is 1.61. The number of halogens is 1. The normalized spacial score (nSPS) is 10.0. The molecule has 0 saturated carbocycles. The third kappa shape index (κ3) is 1.00. The first-order chi connectivity index (χ1) is 5.79. The minimum atomic E-state index is 0.373. The van der Waals surface area contributed by atoms with Gasteiger partial charge in [0.2, 0.25) is 5.78 Å². The molecule has 0 unspecified atom stereocenters. The average Bonchev–Trinajstić information content (AvgIpc) is 2.43. The maximum Gasteiger partial charge on any atom is 0.235 e. The van der Waals surface area contributed by atoms with Crippen LogP contribution in [-0.4, -0.2) is 14.4 Å². The van der Waals surface area contributed by atoms with Crippen molar-refractivity contribution in [1.29, 1.82) is 5.26 Å². The lowest BCUT2D eigenvalue weighted by atomic mass is 10.4. The third-order valence-electron chi connectivity index (χ3n) is 1.41. The van der Waals surface area contributed by atoms with Gasteiger partial charge in [0.15, 0.2) is 0 Å². The molecule has 0 aliphatic carbocycles. The summed E-state index contributed by atoms with van der Waals surface area (Å²) in [6, 6.07) is 1.97. The fourth-order valence-corrected chi connectivity index (χ4v) is 1.09. The van der Waals surface area contributed by atoms with Crippen LogP contribution in [0, 0.1) is 11.3 Å². The van der Waals surface area contributed by atoms with Crippen LogP contribution in [0.5, 0.6) is 0 Å². The van der Waals surface area contributed by atoms with Crippen molar-refractivity contribution in [3.8, 4) is 6.07 Å². The van der Waals surface area contributed by atoms with Crippen molar-refractivity contribution in [3.63, 3.8) is 0 Å². The molecule has 2 rings (SSSR count). The fraction of sp³-hybridized carbons (Fsp3) is 0. The Morgan fingerprint density at radius 2 is 2.33 bits per heavy atom. The summed E-state index contributed by atoms with van der Waals surface area (Å²) >= 11 is 5.62. The van der Waals surface area contributed by atoms with Gasteiger partial charge in [0.1, 0.15) is 11.2 Å². The summed E-state index contributed by atoms with van der Waals surface area (Å²) in [7, 11) is 0. The molecule has 0 atom stereocenters.